The van der Waals surface area contributed by atoms with Crippen molar-refractivity contribution in [1.29, 1.82) is 0 Å². The Balaban J connectivity index is 2.28. The van der Waals surface area contributed by atoms with E-state index < -0.39 is 17.7 Å². The van der Waals surface area contributed by atoms with Gasteiger partial charge in [-0.3, -0.25) is 4.79 Å². The van der Waals surface area contributed by atoms with Crippen molar-refractivity contribution in [2.45, 2.75) is 6.18 Å². The summed E-state index contributed by atoms with van der Waals surface area (Å²) < 4.78 is 39.0. The molecule has 5 heteroatoms. The SMILES string of the molecule is O=C(C=C(Nc1ccccc1)C(F)(F)F)c1ccccc1. The van der Waals surface area contributed by atoms with Crippen molar-refractivity contribution in [3.63, 3.8) is 0 Å². The van der Waals surface area contributed by atoms with Gasteiger partial charge in [-0.25, -0.2) is 0 Å². The maximum absolute atomic E-state index is 13.0. The molecule has 2 nitrogen and oxygen atoms in total. The number of halogens is 3. The molecule has 0 fully saturated rings. The predicted molar refractivity (Wildman–Crippen MR) is 75.0 cm³/mol. The van der Waals surface area contributed by atoms with Crippen LogP contribution in [0.4, 0.5) is 18.9 Å². The molecule has 0 saturated carbocycles. The molecule has 108 valence electrons. The Hall–Kier alpha value is -2.56. The van der Waals surface area contributed by atoms with E-state index in [-0.39, 0.29) is 11.3 Å². The van der Waals surface area contributed by atoms with Crippen molar-refractivity contribution < 1.29 is 18.0 Å². The van der Waals surface area contributed by atoms with E-state index in [1.165, 1.54) is 24.3 Å². The molecule has 0 aliphatic carbocycles. The molecule has 0 spiro atoms. The summed E-state index contributed by atoms with van der Waals surface area (Å²) in [5.41, 5.74) is -0.626. The van der Waals surface area contributed by atoms with Gasteiger partial charge in [0.2, 0.25) is 0 Å². The summed E-state index contributed by atoms with van der Waals surface area (Å²) in [6, 6.07) is 15.7. The van der Waals surface area contributed by atoms with Crippen LogP contribution in [0, 0.1) is 0 Å². The maximum Gasteiger partial charge on any atom is 0.431 e. The molecule has 0 aromatic heterocycles. The number of hydrogen-bond donors (Lipinski definition) is 1. The number of allylic oxidation sites excluding steroid dienone is 2. The summed E-state index contributed by atoms with van der Waals surface area (Å²) in [6.07, 6.45) is -4.07. The number of alkyl halides is 3. The smallest absolute Gasteiger partial charge is 0.351 e. The van der Waals surface area contributed by atoms with Crippen LogP contribution >= 0.6 is 0 Å². The zero-order chi connectivity index (χ0) is 15.3. The molecule has 0 bridgehead atoms. The number of para-hydroxylation sites is 1. The van der Waals surface area contributed by atoms with Gasteiger partial charge in [0.1, 0.15) is 5.70 Å². The number of nitrogens with one attached hydrogen (secondary N) is 1. The average molecular weight is 291 g/mol. The predicted octanol–water partition coefficient (Wildman–Crippen LogP) is 4.43. The Bertz CT molecular complexity index is 634. The second kappa shape index (κ2) is 6.26. The monoisotopic (exact) mass is 291 g/mol. The van der Waals surface area contributed by atoms with E-state index in [0.717, 1.165) is 0 Å². The minimum absolute atomic E-state index is 0.203. The van der Waals surface area contributed by atoms with E-state index in [0.29, 0.717) is 6.08 Å². The Morgan fingerprint density at radius 2 is 1.43 bits per heavy atom. The topological polar surface area (TPSA) is 29.1 Å². The van der Waals surface area contributed by atoms with E-state index >= 15 is 0 Å². The van der Waals surface area contributed by atoms with E-state index in [1.54, 1.807) is 36.4 Å². The normalized spacial score (nSPS) is 12.0. The van der Waals surface area contributed by atoms with Crippen molar-refractivity contribution in [1.82, 2.24) is 0 Å². The molecule has 0 atom stereocenters. The lowest BCUT2D eigenvalue weighted by molar-refractivity contribution is -0.0903. The highest BCUT2D eigenvalue weighted by molar-refractivity contribution is 6.05. The first-order chi connectivity index (χ1) is 9.97. The van der Waals surface area contributed by atoms with Crippen LogP contribution in [0.15, 0.2) is 72.4 Å². The second-order valence-electron chi connectivity index (χ2n) is 4.28. The Labute approximate surface area is 119 Å². The number of carbonyl (C=O) groups excluding carboxylic acids is 1. The third kappa shape index (κ3) is 4.21. The Morgan fingerprint density at radius 3 is 1.95 bits per heavy atom. The van der Waals surface area contributed by atoms with Crippen LogP contribution in [0.2, 0.25) is 0 Å². The van der Waals surface area contributed by atoms with Gasteiger partial charge in [-0.15, -0.1) is 0 Å². The highest BCUT2D eigenvalue weighted by Gasteiger charge is 2.34. The molecule has 2 aromatic carbocycles. The first-order valence-corrected chi connectivity index (χ1v) is 6.17. The van der Waals surface area contributed by atoms with Crippen LogP contribution in [-0.2, 0) is 0 Å². The van der Waals surface area contributed by atoms with E-state index in [4.69, 9.17) is 0 Å². The molecule has 0 aliphatic heterocycles. The third-order valence-electron chi connectivity index (χ3n) is 2.69. The molecular formula is C16H12F3NO. The molecule has 0 saturated heterocycles. The van der Waals surface area contributed by atoms with Crippen LogP contribution in [0.25, 0.3) is 0 Å². The molecule has 0 amide bonds. The summed E-state index contributed by atoms with van der Waals surface area (Å²) >= 11 is 0. The molecule has 21 heavy (non-hydrogen) atoms. The fraction of sp³-hybridized carbons (Fsp3) is 0.0625. The van der Waals surface area contributed by atoms with Gasteiger partial charge in [0.05, 0.1) is 0 Å². The quantitative estimate of drug-likeness (QED) is 0.667. The minimum atomic E-state index is -4.64. The number of rotatable bonds is 4. The minimum Gasteiger partial charge on any atom is -0.351 e. The molecule has 0 aliphatic rings. The van der Waals surface area contributed by atoms with Gasteiger partial charge >= 0.3 is 6.18 Å². The summed E-state index contributed by atoms with van der Waals surface area (Å²) in [5.74, 6) is -0.702. The molecule has 0 radical (unpaired) electrons. The van der Waals surface area contributed by atoms with Gasteiger partial charge in [-0.1, -0.05) is 48.5 Å². The van der Waals surface area contributed by atoms with Crippen LogP contribution in [0.5, 0.6) is 0 Å². The fourth-order valence-electron chi connectivity index (χ4n) is 1.68. The Morgan fingerprint density at radius 1 is 0.905 bits per heavy atom. The zero-order valence-electron chi connectivity index (χ0n) is 10.9. The zero-order valence-corrected chi connectivity index (χ0v) is 10.9. The number of hydrogen-bond acceptors (Lipinski definition) is 2. The summed E-state index contributed by atoms with van der Waals surface area (Å²) in [6.45, 7) is 0. The first kappa shape index (κ1) is 14.8. The average Bonchev–Trinajstić information content (AvgIpc) is 2.47. The van der Waals surface area contributed by atoms with Gasteiger partial charge in [-0.2, -0.15) is 13.2 Å². The van der Waals surface area contributed by atoms with Crippen LogP contribution < -0.4 is 5.32 Å². The van der Waals surface area contributed by atoms with Crippen LogP contribution in [0.3, 0.4) is 0 Å². The van der Waals surface area contributed by atoms with Gasteiger partial charge in [0.15, 0.2) is 5.78 Å². The van der Waals surface area contributed by atoms with Crippen molar-refractivity contribution in [2.24, 2.45) is 0 Å². The van der Waals surface area contributed by atoms with Crippen molar-refractivity contribution in [3.8, 4) is 0 Å². The van der Waals surface area contributed by atoms with Gasteiger partial charge in [0.25, 0.3) is 0 Å². The fourth-order valence-corrected chi connectivity index (χ4v) is 1.68. The lowest BCUT2D eigenvalue weighted by Crippen LogP contribution is -2.20. The molecule has 0 unspecified atom stereocenters. The maximum atomic E-state index is 13.0. The molecular weight excluding hydrogens is 279 g/mol. The molecule has 1 N–H and O–H groups in total. The second-order valence-corrected chi connectivity index (χ2v) is 4.28. The van der Waals surface area contributed by atoms with Crippen molar-refractivity contribution >= 4 is 11.5 Å². The van der Waals surface area contributed by atoms with E-state index in [2.05, 4.69) is 5.32 Å². The number of benzene rings is 2. The van der Waals surface area contributed by atoms with Gasteiger partial charge in [-0.05, 0) is 12.1 Å². The van der Waals surface area contributed by atoms with Gasteiger partial charge < -0.3 is 5.32 Å². The van der Waals surface area contributed by atoms with Gasteiger partial charge in [0, 0.05) is 17.3 Å². The Kier molecular flexibility index (Phi) is 4.42. The van der Waals surface area contributed by atoms with Crippen LogP contribution in [-0.4, -0.2) is 12.0 Å². The largest absolute Gasteiger partial charge is 0.431 e. The summed E-state index contributed by atoms with van der Waals surface area (Å²) in [5, 5.41) is 2.23. The molecule has 2 aromatic rings. The highest BCUT2D eigenvalue weighted by atomic mass is 19.4. The molecule has 0 heterocycles. The van der Waals surface area contributed by atoms with E-state index in [9.17, 15) is 18.0 Å². The van der Waals surface area contributed by atoms with Crippen LogP contribution in [0.1, 0.15) is 10.4 Å². The lowest BCUT2D eigenvalue weighted by atomic mass is 10.1. The number of ketones is 1. The van der Waals surface area contributed by atoms with Crippen molar-refractivity contribution in [2.75, 3.05) is 5.32 Å². The summed E-state index contributed by atoms with van der Waals surface area (Å²) in [7, 11) is 0. The highest BCUT2D eigenvalue weighted by Crippen LogP contribution is 2.27. The number of anilines is 1. The summed E-state index contributed by atoms with van der Waals surface area (Å²) in [4.78, 5) is 11.9. The van der Waals surface area contributed by atoms with E-state index in [1.807, 2.05) is 0 Å². The van der Waals surface area contributed by atoms with Crippen molar-refractivity contribution in [3.05, 3.63) is 78.0 Å². The number of carbonyl (C=O) groups is 1. The third-order valence-corrected chi connectivity index (χ3v) is 2.69. The first-order valence-electron chi connectivity index (χ1n) is 6.17. The molecule has 2 rings (SSSR count). The lowest BCUT2D eigenvalue weighted by Gasteiger charge is -2.14. The standard InChI is InChI=1S/C16H12F3NO/c17-16(18,19)15(20-13-9-5-2-6-10-13)11-14(21)12-7-3-1-4-8-12/h1-11,20H.